The number of benzene rings is 1. The Hall–Kier alpha value is -2.94. The van der Waals surface area contributed by atoms with E-state index in [1.165, 1.54) is 19.2 Å². The van der Waals surface area contributed by atoms with E-state index in [-0.39, 0.29) is 11.3 Å². The van der Waals surface area contributed by atoms with E-state index in [1.54, 1.807) is 6.07 Å². The molecule has 0 amide bonds. The first-order chi connectivity index (χ1) is 13.9. The maximum absolute atomic E-state index is 12.0. The molecule has 0 spiro atoms. The number of aryl methyl sites for hydroxylation is 2. The number of ether oxygens (including phenoxy) is 1. The lowest BCUT2D eigenvalue weighted by Crippen LogP contribution is -2.35. The zero-order valence-corrected chi connectivity index (χ0v) is 16.9. The molecule has 1 N–H and O–H groups in total. The van der Waals surface area contributed by atoms with Crippen LogP contribution in [0.15, 0.2) is 22.6 Å². The number of esters is 1. The zero-order valence-electron chi connectivity index (χ0n) is 16.9. The molecule has 156 valence electrons. The van der Waals surface area contributed by atoms with Gasteiger partial charge < -0.3 is 14.5 Å². The molecule has 0 aliphatic carbocycles. The van der Waals surface area contributed by atoms with Gasteiger partial charge in [0.15, 0.2) is 0 Å². The zero-order chi connectivity index (χ0) is 21.0. The van der Waals surface area contributed by atoms with Crippen LogP contribution in [0.3, 0.4) is 0 Å². The number of oxazole rings is 1. The predicted molar refractivity (Wildman–Crippen MR) is 107 cm³/mol. The number of carbonyl (C=O) groups is 1. The fourth-order valence-corrected chi connectivity index (χ4v) is 3.48. The van der Waals surface area contributed by atoms with Crippen molar-refractivity contribution in [2.75, 3.05) is 32.1 Å². The minimum atomic E-state index is -0.595. The van der Waals surface area contributed by atoms with Gasteiger partial charge in [-0.2, -0.15) is 0 Å². The Labute approximate surface area is 169 Å². The topological polar surface area (TPSA) is 111 Å². The lowest BCUT2D eigenvalue weighted by Gasteiger charge is -2.31. The fourth-order valence-electron chi connectivity index (χ4n) is 3.48. The average Bonchev–Trinajstić information content (AvgIpc) is 3.03. The molecule has 1 saturated heterocycles. The molecule has 9 nitrogen and oxygen atoms in total. The van der Waals surface area contributed by atoms with Crippen molar-refractivity contribution in [3.63, 3.8) is 0 Å². The number of non-ortho nitro benzene ring substituents is 1. The molecule has 0 atom stereocenters. The van der Waals surface area contributed by atoms with Crippen LogP contribution in [0, 0.1) is 29.9 Å². The highest BCUT2D eigenvalue weighted by atomic mass is 16.6. The minimum Gasteiger partial charge on any atom is -0.465 e. The van der Waals surface area contributed by atoms with Crippen molar-refractivity contribution in [3.05, 3.63) is 51.2 Å². The molecule has 1 aliphatic heterocycles. The molecule has 1 fully saturated rings. The summed E-state index contributed by atoms with van der Waals surface area (Å²) in [5.74, 6) is 1.47. The number of hydrogen-bond acceptors (Lipinski definition) is 8. The number of nitrogens with one attached hydrogen (secondary N) is 1. The van der Waals surface area contributed by atoms with Gasteiger partial charge in [0, 0.05) is 24.4 Å². The standard InChI is InChI=1S/C20H26N4O5/c1-13-14(2)29-19(22-13)12-23-8-6-15(7-9-23)11-21-18-5-4-16(24(26)27)10-17(18)20(25)28-3/h4-5,10,15,21H,6-9,11-12H2,1-3H3. The maximum atomic E-state index is 12.0. The van der Waals surface area contributed by atoms with E-state index in [2.05, 4.69) is 15.2 Å². The van der Waals surface area contributed by atoms with Gasteiger partial charge in [0.25, 0.3) is 5.69 Å². The number of rotatable bonds is 7. The van der Waals surface area contributed by atoms with Crippen molar-refractivity contribution in [1.82, 2.24) is 9.88 Å². The van der Waals surface area contributed by atoms with E-state index in [9.17, 15) is 14.9 Å². The van der Waals surface area contributed by atoms with Crippen molar-refractivity contribution in [3.8, 4) is 0 Å². The van der Waals surface area contributed by atoms with Crippen LogP contribution in [0.4, 0.5) is 11.4 Å². The summed E-state index contributed by atoms with van der Waals surface area (Å²) in [5, 5.41) is 14.2. The van der Waals surface area contributed by atoms with Crippen molar-refractivity contribution >= 4 is 17.3 Å². The molecule has 2 heterocycles. The summed E-state index contributed by atoms with van der Waals surface area (Å²) in [4.78, 5) is 29.2. The van der Waals surface area contributed by atoms with Crippen LogP contribution in [-0.4, -0.2) is 47.5 Å². The summed E-state index contributed by atoms with van der Waals surface area (Å²) in [7, 11) is 1.26. The maximum Gasteiger partial charge on any atom is 0.340 e. The van der Waals surface area contributed by atoms with Crippen LogP contribution in [0.2, 0.25) is 0 Å². The summed E-state index contributed by atoms with van der Waals surface area (Å²) in [6.45, 7) is 7.15. The predicted octanol–water partition coefficient (Wildman–Crippen LogP) is 3.31. The van der Waals surface area contributed by atoms with E-state index in [1.807, 2.05) is 13.8 Å². The molecule has 0 saturated carbocycles. The SMILES string of the molecule is COC(=O)c1cc([N+](=O)[O-])ccc1NCC1CCN(Cc2nc(C)c(C)o2)CC1. The number of methoxy groups -OCH3 is 1. The second-order valence-corrected chi connectivity index (χ2v) is 7.33. The Morgan fingerprint density at radius 1 is 1.38 bits per heavy atom. The van der Waals surface area contributed by atoms with E-state index < -0.39 is 10.9 Å². The minimum absolute atomic E-state index is 0.138. The molecule has 3 rings (SSSR count). The monoisotopic (exact) mass is 402 g/mol. The quantitative estimate of drug-likeness (QED) is 0.427. The van der Waals surface area contributed by atoms with Gasteiger partial charge in [-0.1, -0.05) is 0 Å². The molecular formula is C20H26N4O5. The van der Waals surface area contributed by atoms with Crippen LogP contribution < -0.4 is 5.32 Å². The molecular weight excluding hydrogens is 376 g/mol. The number of nitro benzene ring substituents is 1. The van der Waals surface area contributed by atoms with Gasteiger partial charge in [0.2, 0.25) is 5.89 Å². The van der Waals surface area contributed by atoms with Gasteiger partial charge in [0.1, 0.15) is 5.76 Å². The summed E-state index contributed by atoms with van der Waals surface area (Å²) in [6.07, 6.45) is 2.01. The number of carbonyl (C=O) groups excluding carboxylic acids is 1. The normalized spacial score (nSPS) is 15.3. The summed E-state index contributed by atoms with van der Waals surface area (Å²) < 4.78 is 10.4. The average molecular weight is 402 g/mol. The summed E-state index contributed by atoms with van der Waals surface area (Å²) in [6, 6.07) is 4.20. The fraction of sp³-hybridized carbons (Fsp3) is 0.500. The Morgan fingerprint density at radius 3 is 2.69 bits per heavy atom. The van der Waals surface area contributed by atoms with Crippen molar-refractivity contribution < 1.29 is 18.9 Å². The first-order valence-corrected chi connectivity index (χ1v) is 9.63. The van der Waals surface area contributed by atoms with E-state index in [4.69, 9.17) is 9.15 Å². The molecule has 1 aliphatic rings. The molecule has 0 bridgehead atoms. The van der Waals surface area contributed by atoms with Crippen molar-refractivity contribution in [2.24, 2.45) is 5.92 Å². The Balaban J connectivity index is 1.54. The second kappa shape index (κ2) is 9.04. The first kappa shape index (κ1) is 20.8. The molecule has 1 aromatic carbocycles. The van der Waals surface area contributed by atoms with Crippen LogP contribution in [-0.2, 0) is 11.3 Å². The first-order valence-electron chi connectivity index (χ1n) is 9.63. The molecule has 1 aromatic heterocycles. The third-order valence-electron chi connectivity index (χ3n) is 5.34. The molecule has 0 unspecified atom stereocenters. The molecule has 9 heteroatoms. The molecule has 2 aromatic rings. The Kier molecular flexibility index (Phi) is 6.48. The van der Waals surface area contributed by atoms with Gasteiger partial charge in [0.05, 0.1) is 29.8 Å². The number of aromatic nitrogens is 1. The van der Waals surface area contributed by atoms with E-state index in [0.717, 1.165) is 43.3 Å². The van der Waals surface area contributed by atoms with Gasteiger partial charge in [-0.3, -0.25) is 15.0 Å². The van der Waals surface area contributed by atoms with Gasteiger partial charge in [-0.25, -0.2) is 9.78 Å². The highest BCUT2D eigenvalue weighted by molar-refractivity contribution is 5.96. The van der Waals surface area contributed by atoms with Crippen LogP contribution in [0.25, 0.3) is 0 Å². The third-order valence-corrected chi connectivity index (χ3v) is 5.34. The van der Waals surface area contributed by atoms with E-state index in [0.29, 0.717) is 24.7 Å². The molecule has 29 heavy (non-hydrogen) atoms. The Bertz CT molecular complexity index is 867. The summed E-state index contributed by atoms with van der Waals surface area (Å²) >= 11 is 0. The number of nitro groups is 1. The number of nitrogens with zero attached hydrogens (tertiary/aromatic N) is 3. The third kappa shape index (κ3) is 5.11. The van der Waals surface area contributed by atoms with Crippen LogP contribution in [0.1, 0.15) is 40.5 Å². The summed E-state index contributed by atoms with van der Waals surface area (Å²) in [5.41, 5.74) is 1.52. The van der Waals surface area contributed by atoms with Crippen molar-refractivity contribution in [1.29, 1.82) is 0 Å². The Morgan fingerprint density at radius 2 is 2.10 bits per heavy atom. The highest BCUT2D eigenvalue weighted by Gasteiger charge is 2.22. The second-order valence-electron chi connectivity index (χ2n) is 7.33. The number of piperidine rings is 1. The van der Waals surface area contributed by atoms with Gasteiger partial charge in [-0.15, -0.1) is 0 Å². The number of likely N-dealkylation sites (tertiary alicyclic amines) is 1. The van der Waals surface area contributed by atoms with Gasteiger partial charge in [-0.05, 0) is 51.8 Å². The van der Waals surface area contributed by atoms with Crippen LogP contribution in [0.5, 0.6) is 0 Å². The van der Waals surface area contributed by atoms with Crippen LogP contribution >= 0.6 is 0 Å². The number of anilines is 1. The highest BCUT2D eigenvalue weighted by Crippen LogP contribution is 2.25. The largest absolute Gasteiger partial charge is 0.465 e. The smallest absolute Gasteiger partial charge is 0.340 e. The van der Waals surface area contributed by atoms with Crippen molar-refractivity contribution in [2.45, 2.75) is 33.2 Å². The lowest BCUT2D eigenvalue weighted by atomic mass is 9.96. The molecule has 0 radical (unpaired) electrons. The number of hydrogen-bond donors (Lipinski definition) is 1. The lowest BCUT2D eigenvalue weighted by molar-refractivity contribution is -0.384. The van der Waals surface area contributed by atoms with Gasteiger partial charge >= 0.3 is 5.97 Å². The van der Waals surface area contributed by atoms with E-state index >= 15 is 0 Å².